The number of amides is 9. The number of halogens is 2. The first kappa shape index (κ1) is 58.0. The summed E-state index contributed by atoms with van der Waals surface area (Å²) in [5.74, 6) is -8.93. The summed E-state index contributed by atoms with van der Waals surface area (Å²) in [6.07, 6.45) is 3.39. The number of unbranched alkanes of at least 4 members (excludes halogenated alkanes) is 3. The highest BCUT2D eigenvalue weighted by Crippen LogP contribution is 2.36. The van der Waals surface area contributed by atoms with Crippen molar-refractivity contribution in [3.63, 3.8) is 0 Å². The number of carbonyl (C=O) groups is 10. The van der Waals surface area contributed by atoms with E-state index in [0.717, 1.165) is 23.0 Å². The minimum atomic E-state index is -3.13. The van der Waals surface area contributed by atoms with Crippen LogP contribution in [0.15, 0.2) is 103 Å². The first-order valence-corrected chi connectivity index (χ1v) is 28.0. The third kappa shape index (κ3) is 13.4. The number of H-pyrrole nitrogens is 1. The summed E-state index contributed by atoms with van der Waals surface area (Å²) >= 11 is 0. The number of fused-ring (bicyclic) bond motifs is 3. The lowest BCUT2D eigenvalue weighted by Gasteiger charge is -2.38. The van der Waals surface area contributed by atoms with Gasteiger partial charge in [0.25, 0.3) is 23.6 Å². The molecule has 0 bridgehead atoms. The highest BCUT2D eigenvalue weighted by molar-refractivity contribution is 6.24. The second-order valence-electron chi connectivity index (χ2n) is 21.7. The first-order chi connectivity index (χ1) is 39.3. The minimum Gasteiger partial charge on any atom is -0.493 e. The fourth-order valence-corrected chi connectivity index (χ4v) is 11.7. The number of piperidine rings is 1. The molecule has 5 heterocycles. The van der Waals surface area contributed by atoms with Crippen molar-refractivity contribution in [2.45, 2.75) is 151 Å². The van der Waals surface area contributed by atoms with Crippen molar-refractivity contribution in [3.8, 4) is 5.75 Å². The highest BCUT2D eigenvalue weighted by atomic mass is 19.3. The summed E-state index contributed by atoms with van der Waals surface area (Å²) in [5, 5.41) is 11.4. The molecule has 3 fully saturated rings. The Morgan fingerprint density at radius 2 is 1.50 bits per heavy atom. The van der Waals surface area contributed by atoms with Gasteiger partial charge < -0.3 is 36.3 Å². The smallest absolute Gasteiger partial charge is 0.270 e. The van der Waals surface area contributed by atoms with E-state index < -0.39 is 89.4 Å². The van der Waals surface area contributed by atoms with E-state index in [4.69, 9.17) is 10.5 Å². The lowest BCUT2D eigenvalue weighted by Crippen LogP contribution is -2.59. The molecule has 9 rings (SSSR count). The number of primary amides is 1. The topological polar surface area (TPSA) is 276 Å². The average Bonchev–Trinajstić information content (AvgIpc) is 4.35. The molecule has 9 amide bonds. The third-order valence-electron chi connectivity index (χ3n) is 15.9. The van der Waals surface area contributed by atoms with Crippen molar-refractivity contribution < 1.29 is 61.5 Å². The molecule has 82 heavy (non-hydrogen) atoms. The van der Waals surface area contributed by atoms with Gasteiger partial charge >= 0.3 is 0 Å². The summed E-state index contributed by atoms with van der Waals surface area (Å²) < 4.78 is 34.5. The zero-order valence-corrected chi connectivity index (χ0v) is 45.4. The number of Topliss-reactive ketones (excluding diaryl/α,β-unsaturated/α-hetero) is 1. The quantitative estimate of drug-likeness (QED) is 0.0308. The minimum absolute atomic E-state index is 0.00456. The number of nitrogens with one attached hydrogen (secondary N) is 5. The second-order valence-corrected chi connectivity index (χ2v) is 21.7. The van der Waals surface area contributed by atoms with Gasteiger partial charge in [0.2, 0.25) is 35.4 Å². The predicted molar refractivity (Wildman–Crippen MR) is 295 cm³/mol. The number of ether oxygens (including phenoxy) is 1. The second kappa shape index (κ2) is 25.4. The molecule has 1 unspecified atom stereocenters. The van der Waals surface area contributed by atoms with E-state index in [-0.39, 0.29) is 117 Å². The summed E-state index contributed by atoms with van der Waals surface area (Å²) in [6.45, 7) is 0.970. The zero-order valence-electron chi connectivity index (χ0n) is 45.4. The van der Waals surface area contributed by atoms with Crippen LogP contribution in [-0.4, -0.2) is 117 Å². The predicted octanol–water partition coefficient (Wildman–Crippen LogP) is 6.38. The summed E-state index contributed by atoms with van der Waals surface area (Å²) in [5.41, 5.74) is 7.67. The number of hydrogen-bond acceptors (Lipinski definition) is 11. The van der Waals surface area contributed by atoms with Crippen LogP contribution in [0.4, 0.5) is 8.78 Å². The standard InChI is InChI=1S/C61H66F2N8O11/c1-61(62,63)38-20-23-43-37(31-38)32-46(66-43)55(76)68-45-24-21-39(65-52(74)19-10-2-3-11-30-82-50-18-12-17-41-54(50)60(81)71(58(41)79)48-27-29-53(75)69-57(48)78)33-40-22-26-47(70(40)59(45)80)56(77)67-44(25-28-51(64)73)49(72)34-42(35-13-6-4-7-14-35)36-15-8-5-9-16-36/h4-9,12-18,20,23,31-32,39-40,42,44-45,47-48,66H,2-3,10-11,19,21-22,24-30,33-34H2,1H3,(H2,64,73)(H,65,74)(H,67,77)(H,68,76)(H,69,75,78)/t39-,40-,44+,45+,47+,48?/m1/s1. The van der Waals surface area contributed by atoms with E-state index in [1.807, 2.05) is 60.7 Å². The van der Waals surface area contributed by atoms with Crippen LogP contribution in [0.25, 0.3) is 10.9 Å². The van der Waals surface area contributed by atoms with Gasteiger partial charge in [-0.15, -0.1) is 0 Å². The molecule has 4 aromatic carbocycles. The SMILES string of the molecule is CC(F)(F)c1ccc2[nH]c(C(=O)N[C@H]3CC[C@@H](NC(=O)CCCCCCOc4cccc5c4C(=O)N(C4CCC(=O)NC4=O)C5=O)C[C@H]4CC[C@@H](C(=O)N[C@@H](CCC(N)=O)C(=O)CC(c5ccccc5)c5ccccc5)N4C3=O)cc2c1. The Hall–Kier alpha value is -8.62. The fraction of sp³-hybridized carbons (Fsp3) is 0.410. The van der Waals surface area contributed by atoms with E-state index in [1.54, 1.807) is 12.1 Å². The van der Waals surface area contributed by atoms with Crippen LogP contribution in [-0.2, 0) is 39.5 Å². The van der Waals surface area contributed by atoms with Crippen molar-refractivity contribution in [1.29, 1.82) is 0 Å². The normalized spacial score (nSPS) is 20.4. The Balaban J connectivity index is 0.849. The van der Waals surface area contributed by atoms with Gasteiger partial charge in [-0.1, -0.05) is 85.6 Å². The maximum Gasteiger partial charge on any atom is 0.270 e. The van der Waals surface area contributed by atoms with E-state index in [9.17, 15) is 56.7 Å². The van der Waals surface area contributed by atoms with Gasteiger partial charge in [0, 0.05) is 67.1 Å². The maximum absolute atomic E-state index is 14.9. The summed E-state index contributed by atoms with van der Waals surface area (Å²) in [7, 11) is 0. The molecule has 4 aliphatic heterocycles. The van der Waals surface area contributed by atoms with Gasteiger partial charge in [0.1, 0.15) is 29.6 Å². The van der Waals surface area contributed by atoms with Crippen molar-refractivity contribution in [1.82, 2.24) is 36.1 Å². The maximum atomic E-state index is 14.9. The number of aromatic nitrogens is 1. The molecule has 0 radical (unpaired) electrons. The van der Waals surface area contributed by atoms with Gasteiger partial charge in [-0.05, 0) is 99.2 Å². The zero-order chi connectivity index (χ0) is 58.2. The van der Waals surface area contributed by atoms with Crippen LogP contribution in [0.1, 0.15) is 157 Å². The van der Waals surface area contributed by atoms with Crippen LogP contribution in [0.3, 0.4) is 0 Å². The number of rotatable bonds is 23. The van der Waals surface area contributed by atoms with Crippen LogP contribution < -0.4 is 31.7 Å². The number of hydrogen-bond donors (Lipinski definition) is 6. The average molecular weight is 1130 g/mol. The molecule has 4 aliphatic rings. The van der Waals surface area contributed by atoms with Gasteiger partial charge in [-0.25, -0.2) is 8.78 Å². The third-order valence-corrected chi connectivity index (χ3v) is 15.9. The van der Waals surface area contributed by atoms with E-state index in [2.05, 4.69) is 26.3 Å². The molecule has 7 N–H and O–H groups in total. The lowest BCUT2D eigenvalue weighted by molar-refractivity contribution is -0.143. The van der Waals surface area contributed by atoms with E-state index >= 15 is 0 Å². The van der Waals surface area contributed by atoms with Gasteiger partial charge in [-0.2, -0.15) is 0 Å². The fourth-order valence-electron chi connectivity index (χ4n) is 11.7. The van der Waals surface area contributed by atoms with Crippen LogP contribution in [0, 0.1) is 0 Å². The molecule has 6 atom stereocenters. The number of ketones is 1. The highest BCUT2D eigenvalue weighted by Gasteiger charge is 2.48. The van der Waals surface area contributed by atoms with Crippen LogP contribution >= 0.6 is 0 Å². The number of nitrogens with two attached hydrogens (primary N) is 1. The summed E-state index contributed by atoms with van der Waals surface area (Å²) in [4.78, 5) is 140. The Bertz CT molecular complexity index is 3240. The number of aromatic amines is 1. The molecule has 0 aliphatic carbocycles. The van der Waals surface area contributed by atoms with Crippen molar-refractivity contribution >= 4 is 69.9 Å². The molecule has 430 valence electrons. The van der Waals surface area contributed by atoms with Gasteiger partial charge in [0.05, 0.1) is 23.8 Å². The number of benzene rings is 4. The van der Waals surface area contributed by atoms with Crippen LogP contribution in [0.2, 0.25) is 0 Å². The molecular weight excluding hydrogens is 1060 g/mol. The molecule has 21 heteroatoms. The molecular formula is C61H66F2N8O11. The Labute approximate surface area is 471 Å². The van der Waals surface area contributed by atoms with E-state index in [1.165, 1.54) is 35.2 Å². The molecule has 3 saturated heterocycles. The number of nitrogens with zero attached hydrogens (tertiary/aromatic N) is 2. The molecule has 19 nitrogen and oxygen atoms in total. The Morgan fingerprint density at radius 3 is 2.20 bits per heavy atom. The number of imide groups is 2. The van der Waals surface area contributed by atoms with Crippen LogP contribution in [0.5, 0.6) is 5.75 Å². The van der Waals surface area contributed by atoms with E-state index in [0.29, 0.717) is 43.0 Å². The number of alkyl halides is 2. The first-order valence-electron chi connectivity index (χ1n) is 28.0. The molecule has 0 saturated carbocycles. The monoisotopic (exact) mass is 1120 g/mol. The molecule has 5 aromatic rings. The lowest BCUT2D eigenvalue weighted by atomic mass is 9.85. The largest absolute Gasteiger partial charge is 0.493 e. The van der Waals surface area contributed by atoms with Crippen molar-refractivity contribution in [2.75, 3.05) is 6.61 Å². The molecule has 0 spiro atoms. The Kier molecular flexibility index (Phi) is 18.0. The number of carbonyl (C=O) groups excluding carboxylic acids is 10. The van der Waals surface area contributed by atoms with Gasteiger partial charge in [-0.3, -0.25) is 58.2 Å². The van der Waals surface area contributed by atoms with Gasteiger partial charge in [0.15, 0.2) is 5.78 Å². The molecule has 1 aromatic heterocycles. The van der Waals surface area contributed by atoms with Crippen molar-refractivity contribution in [3.05, 3.63) is 137 Å². The Morgan fingerprint density at radius 1 is 0.780 bits per heavy atom. The van der Waals surface area contributed by atoms with Crippen molar-refractivity contribution in [2.24, 2.45) is 5.73 Å². The summed E-state index contributed by atoms with van der Waals surface area (Å²) in [6, 6.07) is 23.3.